The molecular formula is C23H16N2O3S. The van der Waals surface area contributed by atoms with Gasteiger partial charge in [0.15, 0.2) is 5.69 Å². The molecular weight excluding hydrogens is 384 g/mol. The number of pyridine rings is 1. The van der Waals surface area contributed by atoms with Crippen LogP contribution in [0.4, 0.5) is 0 Å². The molecule has 0 aliphatic carbocycles. The fraction of sp³-hybridized carbons (Fsp3) is 0.0435. The van der Waals surface area contributed by atoms with Crippen molar-refractivity contribution in [1.29, 1.82) is 5.26 Å². The number of aromatic nitrogens is 1. The van der Waals surface area contributed by atoms with Crippen molar-refractivity contribution in [1.82, 2.24) is 0 Å². The van der Waals surface area contributed by atoms with Crippen LogP contribution in [-0.2, 0) is 9.84 Å². The van der Waals surface area contributed by atoms with Gasteiger partial charge in [-0.3, -0.25) is 0 Å². The molecule has 0 spiro atoms. The van der Waals surface area contributed by atoms with Gasteiger partial charge in [0.2, 0.25) is 15.4 Å². The number of hydrogen-bond acceptors (Lipinski definition) is 4. The smallest absolute Gasteiger partial charge is 0.225 e. The second-order valence-electron chi connectivity index (χ2n) is 6.65. The number of rotatable bonds is 3. The quantitative estimate of drug-likeness (QED) is 0.382. The Bertz CT molecular complexity index is 1390. The van der Waals surface area contributed by atoms with Crippen LogP contribution in [0.2, 0.25) is 0 Å². The number of sulfone groups is 1. The van der Waals surface area contributed by atoms with Crippen molar-refractivity contribution in [3.05, 3.63) is 95.3 Å². The van der Waals surface area contributed by atoms with E-state index in [2.05, 4.69) is 6.07 Å². The molecule has 0 saturated carbocycles. The molecule has 0 radical (unpaired) electrons. The third-order valence-electron chi connectivity index (χ3n) is 4.86. The first-order chi connectivity index (χ1) is 13.9. The molecule has 0 bridgehead atoms. The van der Waals surface area contributed by atoms with E-state index < -0.39 is 9.84 Å². The standard InChI is InChI=1S/C23H16N2O3S/c1-16-14-23(21-8-4-5-9-22(21)25(16)26)29(27,28)19-12-10-17(11-13-19)20-7-3-2-6-18(20)15-24/h2-14H,1H3. The summed E-state index contributed by atoms with van der Waals surface area (Å²) in [6, 6.07) is 23.8. The van der Waals surface area contributed by atoms with Gasteiger partial charge < -0.3 is 5.21 Å². The zero-order chi connectivity index (χ0) is 20.6. The number of nitriles is 1. The van der Waals surface area contributed by atoms with Crippen LogP contribution in [-0.4, -0.2) is 8.42 Å². The Kier molecular flexibility index (Phi) is 4.53. The lowest BCUT2D eigenvalue weighted by atomic mass is 10.0. The van der Waals surface area contributed by atoms with Gasteiger partial charge in [0, 0.05) is 19.1 Å². The van der Waals surface area contributed by atoms with Gasteiger partial charge in [-0.15, -0.1) is 0 Å². The predicted octanol–water partition coefficient (Wildman–Crippen LogP) is 4.15. The number of benzene rings is 3. The maximum atomic E-state index is 13.3. The fourth-order valence-corrected chi connectivity index (χ4v) is 4.91. The highest BCUT2D eigenvalue weighted by Gasteiger charge is 2.24. The summed E-state index contributed by atoms with van der Waals surface area (Å²) in [6.07, 6.45) is 0. The van der Waals surface area contributed by atoms with Crippen molar-refractivity contribution < 1.29 is 13.1 Å². The van der Waals surface area contributed by atoms with Crippen LogP contribution in [0.25, 0.3) is 22.0 Å². The van der Waals surface area contributed by atoms with Gasteiger partial charge in [-0.2, -0.15) is 9.99 Å². The second kappa shape index (κ2) is 7.04. The zero-order valence-electron chi connectivity index (χ0n) is 15.5. The molecule has 0 aliphatic heterocycles. The second-order valence-corrected chi connectivity index (χ2v) is 8.56. The van der Waals surface area contributed by atoms with Gasteiger partial charge in [0.1, 0.15) is 0 Å². The molecule has 0 N–H and O–H groups in total. The highest BCUT2D eigenvalue weighted by atomic mass is 32.2. The van der Waals surface area contributed by atoms with E-state index in [-0.39, 0.29) is 9.79 Å². The Morgan fingerprint density at radius 1 is 0.931 bits per heavy atom. The van der Waals surface area contributed by atoms with E-state index >= 15 is 0 Å². The average molecular weight is 400 g/mol. The molecule has 4 rings (SSSR count). The van der Waals surface area contributed by atoms with E-state index in [0.29, 0.717) is 22.2 Å². The third kappa shape index (κ3) is 3.12. The molecule has 0 saturated heterocycles. The van der Waals surface area contributed by atoms with Crippen LogP contribution >= 0.6 is 0 Å². The predicted molar refractivity (Wildman–Crippen MR) is 110 cm³/mol. The van der Waals surface area contributed by atoms with Crippen molar-refractivity contribution >= 4 is 20.7 Å². The largest absolute Gasteiger partial charge is 0.618 e. The molecule has 0 fully saturated rings. The Labute approximate surface area is 168 Å². The molecule has 29 heavy (non-hydrogen) atoms. The van der Waals surface area contributed by atoms with Gasteiger partial charge >= 0.3 is 0 Å². The van der Waals surface area contributed by atoms with Crippen molar-refractivity contribution in [2.75, 3.05) is 0 Å². The number of aryl methyl sites for hydroxylation is 1. The number of hydrogen-bond donors (Lipinski definition) is 0. The molecule has 6 heteroatoms. The Balaban J connectivity index is 1.85. The number of para-hydroxylation sites is 1. The maximum absolute atomic E-state index is 13.3. The monoisotopic (exact) mass is 400 g/mol. The van der Waals surface area contributed by atoms with E-state index in [0.717, 1.165) is 15.9 Å². The van der Waals surface area contributed by atoms with Crippen molar-refractivity contribution in [3.8, 4) is 17.2 Å². The highest BCUT2D eigenvalue weighted by molar-refractivity contribution is 7.91. The summed E-state index contributed by atoms with van der Waals surface area (Å²) in [4.78, 5) is 0.228. The zero-order valence-corrected chi connectivity index (χ0v) is 16.3. The van der Waals surface area contributed by atoms with Gasteiger partial charge in [-0.1, -0.05) is 42.5 Å². The van der Waals surface area contributed by atoms with E-state index in [1.807, 2.05) is 12.1 Å². The highest BCUT2D eigenvalue weighted by Crippen LogP contribution is 2.30. The Morgan fingerprint density at radius 2 is 1.59 bits per heavy atom. The Morgan fingerprint density at radius 3 is 2.31 bits per heavy atom. The maximum Gasteiger partial charge on any atom is 0.225 e. The first-order valence-corrected chi connectivity index (χ1v) is 10.4. The van der Waals surface area contributed by atoms with Crippen LogP contribution in [0.15, 0.2) is 88.7 Å². The summed E-state index contributed by atoms with van der Waals surface area (Å²) in [6.45, 7) is 1.58. The molecule has 5 nitrogen and oxygen atoms in total. The van der Waals surface area contributed by atoms with E-state index in [1.54, 1.807) is 55.5 Å². The van der Waals surface area contributed by atoms with Gasteiger partial charge in [-0.25, -0.2) is 8.42 Å². The minimum absolute atomic E-state index is 0.0999. The minimum atomic E-state index is -3.84. The van der Waals surface area contributed by atoms with Gasteiger partial charge in [-0.05, 0) is 35.4 Å². The van der Waals surface area contributed by atoms with Crippen LogP contribution < -0.4 is 4.73 Å². The molecule has 0 aliphatic rings. The lowest BCUT2D eigenvalue weighted by Crippen LogP contribution is -2.31. The minimum Gasteiger partial charge on any atom is -0.618 e. The molecule has 0 amide bonds. The lowest BCUT2D eigenvalue weighted by molar-refractivity contribution is -0.584. The summed E-state index contributed by atoms with van der Waals surface area (Å²) in [5.41, 5.74) is 2.64. The molecule has 3 aromatic carbocycles. The number of fused-ring (bicyclic) bond motifs is 1. The molecule has 0 atom stereocenters. The van der Waals surface area contributed by atoms with Crippen LogP contribution in [0, 0.1) is 23.5 Å². The van der Waals surface area contributed by atoms with Gasteiger partial charge in [0.05, 0.1) is 26.8 Å². The first kappa shape index (κ1) is 18.7. The molecule has 4 aromatic rings. The van der Waals surface area contributed by atoms with Crippen molar-refractivity contribution in [3.63, 3.8) is 0 Å². The summed E-state index contributed by atoms with van der Waals surface area (Å²) in [7, 11) is -3.84. The van der Waals surface area contributed by atoms with Gasteiger partial charge in [0.25, 0.3) is 0 Å². The summed E-state index contributed by atoms with van der Waals surface area (Å²) in [5, 5.41) is 22.0. The Hall–Kier alpha value is -3.69. The molecule has 1 heterocycles. The van der Waals surface area contributed by atoms with Crippen molar-refractivity contribution in [2.45, 2.75) is 16.7 Å². The normalized spacial score (nSPS) is 11.3. The summed E-state index contributed by atoms with van der Waals surface area (Å²) >= 11 is 0. The fourth-order valence-electron chi connectivity index (χ4n) is 3.37. The average Bonchev–Trinajstić information content (AvgIpc) is 2.76. The third-order valence-corrected chi connectivity index (χ3v) is 6.67. The molecule has 0 unspecified atom stereocenters. The molecule has 142 valence electrons. The van der Waals surface area contributed by atoms with Crippen LogP contribution in [0.1, 0.15) is 11.3 Å². The molecule has 1 aromatic heterocycles. The lowest BCUT2D eigenvalue weighted by Gasteiger charge is -2.11. The van der Waals surface area contributed by atoms with E-state index in [4.69, 9.17) is 0 Å². The van der Waals surface area contributed by atoms with Crippen molar-refractivity contribution in [2.24, 2.45) is 0 Å². The van der Waals surface area contributed by atoms with Crippen LogP contribution in [0.5, 0.6) is 0 Å². The SMILES string of the molecule is Cc1cc(S(=O)(=O)c2ccc(-c3ccccc3C#N)cc2)c2ccccc2[n+]1[O-]. The number of nitrogens with zero attached hydrogens (tertiary/aromatic N) is 2. The van der Waals surface area contributed by atoms with Crippen LogP contribution in [0.3, 0.4) is 0 Å². The van der Waals surface area contributed by atoms with E-state index in [9.17, 15) is 18.9 Å². The topological polar surface area (TPSA) is 84.9 Å². The summed E-state index contributed by atoms with van der Waals surface area (Å²) in [5.74, 6) is 0. The first-order valence-electron chi connectivity index (χ1n) is 8.90. The van der Waals surface area contributed by atoms with E-state index in [1.165, 1.54) is 18.2 Å². The summed E-state index contributed by atoms with van der Waals surface area (Å²) < 4.78 is 27.4.